The first kappa shape index (κ1) is 13.2. The zero-order chi connectivity index (χ0) is 13.0. The topological polar surface area (TPSA) is 32.7 Å². The zero-order valence-electron chi connectivity index (χ0n) is 10.1. The van der Waals surface area contributed by atoms with E-state index in [-0.39, 0.29) is 26.1 Å². The molecule has 1 aromatic rings. The quantitative estimate of drug-likeness (QED) is 0.872. The lowest BCUT2D eigenvalue weighted by atomic mass is 10.3. The van der Waals surface area contributed by atoms with Crippen LogP contribution in [-0.2, 0) is 0 Å². The molecular formula is C13H17F2NO2. The van der Waals surface area contributed by atoms with Crippen LogP contribution in [0, 0.1) is 0 Å². The molecule has 100 valence electrons. The highest BCUT2D eigenvalue weighted by Gasteiger charge is 2.38. The van der Waals surface area contributed by atoms with E-state index >= 15 is 0 Å². The molecule has 3 nitrogen and oxygen atoms in total. The van der Waals surface area contributed by atoms with E-state index in [4.69, 9.17) is 4.74 Å². The van der Waals surface area contributed by atoms with Crippen molar-refractivity contribution in [1.82, 2.24) is 4.90 Å². The second-order valence-electron chi connectivity index (χ2n) is 4.62. The van der Waals surface area contributed by atoms with Crippen molar-refractivity contribution in [2.75, 3.05) is 26.2 Å². The number of β-amino-alcohol motifs (C(OH)–C–C–N with tert-alkyl or cyclic N) is 1. The molecule has 0 bridgehead atoms. The van der Waals surface area contributed by atoms with Crippen LogP contribution >= 0.6 is 0 Å². The molecule has 1 aromatic carbocycles. The molecule has 1 atom stereocenters. The number of alkyl halides is 2. The van der Waals surface area contributed by atoms with E-state index in [1.54, 1.807) is 17.0 Å². The second-order valence-corrected chi connectivity index (χ2v) is 4.62. The molecular weight excluding hydrogens is 240 g/mol. The van der Waals surface area contributed by atoms with Crippen molar-refractivity contribution in [2.45, 2.75) is 18.4 Å². The molecule has 0 spiro atoms. The summed E-state index contributed by atoms with van der Waals surface area (Å²) >= 11 is 0. The van der Waals surface area contributed by atoms with Crippen molar-refractivity contribution < 1.29 is 18.6 Å². The standard InChI is InChI=1S/C13H17F2NO2/c14-13(15)6-7-16(10-13)8-11(17)9-18-12-4-2-1-3-5-12/h1-5,11,17H,6-10H2. The van der Waals surface area contributed by atoms with E-state index in [0.717, 1.165) is 0 Å². The summed E-state index contributed by atoms with van der Waals surface area (Å²) in [7, 11) is 0. The summed E-state index contributed by atoms with van der Waals surface area (Å²) in [5.41, 5.74) is 0. The van der Waals surface area contributed by atoms with Crippen molar-refractivity contribution in [2.24, 2.45) is 0 Å². The number of halogens is 2. The molecule has 1 unspecified atom stereocenters. The van der Waals surface area contributed by atoms with Crippen LogP contribution in [0.25, 0.3) is 0 Å². The van der Waals surface area contributed by atoms with Gasteiger partial charge in [0, 0.05) is 19.5 Å². The van der Waals surface area contributed by atoms with Crippen LogP contribution in [0.1, 0.15) is 6.42 Å². The van der Waals surface area contributed by atoms with Crippen molar-refractivity contribution in [3.63, 3.8) is 0 Å². The third kappa shape index (κ3) is 3.92. The Morgan fingerprint density at radius 3 is 2.67 bits per heavy atom. The van der Waals surface area contributed by atoms with Gasteiger partial charge in [0.15, 0.2) is 0 Å². The Hall–Kier alpha value is -1.20. The predicted octanol–water partition coefficient (Wildman–Crippen LogP) is 1.77. The van der Waals surface area contributed by atoms with Gasteiger partial charge in [-0.05, 0) is 12.1 Å². The van der Waals surface area contributed by atoms with E-state index in [9.17, 15) is 13.9 Å². The van der Waals surface area contributed by atoms with Gasteiger partial charge in [0.05, 0.1) is 6.54 Å². The molecule has 1 fully saturated rings. The third-order valence-electron chi connectivity index (χ3n) is 2.90. The fourth-order valence-electron chi connectivity index (χ4n) is 2.02. The minimum absolute atomic E-state index is 0.117. The Bertz CT molecular complexity index is 373. The molecule has 1 saturated heterocycles. The summed E-state index contributed by atoms with van der Waals surface area (Å²) in [6, 6.07) is 9.12. The number of ether oxygens (including phenoxy) is 1. The number of hydrogen-bond donors (Lipinski definition) is 1. The summed E-state index contributed by atoms with van der Waals surface area (Å²) in [5, 5.41) is 9.73. The molecule has 0 radical (unpaired) electrons. The number of para-hydroxylation sites is 1. The molecule has 0 aliphatic carbocycles. The third-order valence-corrected chi connectivity index (χ3v) is 2.90. The maximum Gasteiger partial charge on any atom is 0.261 e. The lowest BCUT2D eigenvalue weighted by molar-refractivity contribution is 0.00461. The van der Waals surface area contributed by atoms with Gasteiger partial charge in [0.1, 0.15) is 18.5 Å². The minimum atomic E-state index is -2.61. The lowest BCUT2D eigenvalue weighted by Crippen LogP contribution is -2.35. The van der Waals surface area contributed by atoms with E-state index in [1.165, 1.54) is 0 Å². The molecule has 1 aliphatic heterocycles. The summed E-state index contributed by atoms with van der Waals surface area (Å²) in [5.74, 6) is -1.94. The summed E-state index contributed by atoms with van der Waals surface area (Å²) < 4.78 is 31.2. The maximum atomic E-state index is 12.9. The molecule has 5 heteroatoms. The highest BCUT2D eigenvalue weighted by atomic mass is 19.3. The number of nitrogens with zero attached hydrogens (tertiary/aromatic N) is 1. The smallest absolute Gasteiger partial charge is 0.261 e. The van der Waals surface area contributed by atoms with Crippen molar-refractivity contribution >= 4 is 0 Å². The van der Waals surface area contributed by atoms with Crippen LogP contribution in [0.5, 0.6) is 5.75 Å². The number of rotatable bonds is 5. The molecule has 0 saturated carbocycles. The highest BCUT2D eigenvalue weighted by Crippen LogP contribution is 2.26. The first-order valence-electron chi connectivity index (χ1n) is 6.01. The van der Waals surface area contributed by atoms with Crippen LogP contribution in [0.15, 0.2) is 30.3 Å². The second kappa shape index (κ2) is 5.63. The zero-order valence-corrected chi connectivity index (χ0v) is 10.1. The average molecular weight is 257 g/mol. The molecule has 1 heterocycles. The van der Waals surface area contributed by atoms with Gasteiger partial charge in [-0.3, -0.25) is 4.90 Å². The first-order chi connectivity index (χ1) is 8.55. The fourth-order valence-corrected chi connectivity index (χ4v) is 2.02. The molecule has 1 aliphatic rings. The van der Waals surface area contributed by atoms with E-state index < -0.39 is 12.0 Å². The number of likely N-dealkylation sites (tertiary alicyclic amines) is 1. The van der Waals surface area contributed by atoms with Gasteiger partial charge in [-0.15, -0.1) is 0 Å². The Balaban J connectivity index is 1.71. The molecule has 1 N–H and O–H groups in total. The molecule has 2 rings (SSSR count). The Labute approximate surface area is 105 Å². The van der Waals surface area contributed by atoms with Gasteiger partial charge in [0.25, 0.3) is 5.92 Å². The monoisotopic (exact) mass is 257 g/mol. The van der Waals surface area contributed by atoms with Crippen molar-refractivity contribution in [3.05, 3.63) is 30.3 Å². The molecule has 0 amide bonds. The van der Waals surface area contributed by atoms with Gasteiger partial charge in [-0.2, -0.15) is 0 Å². The number of aliphatic hydroxyl groups excluding tert-OH is 1. The maximum absolute atomic E-state index is 12.9. The van der Waals surface area contributed by atoms with Crippen LogP contribution in [0.3, 0.4) is 0 Å². The lowest BCUT2D eigenvalue weighted by Gasteiger charge is -2.19. The molecule has 0 aromatic heterocycles. The fraction of sp³-hybridized carbons (Fsp3) is 0.538. The van der Waals surface area contributed by atoms with Gasteiger partial charge in [-0.1, -0.05) is 18.2 Å². The minimum Gasteiger partial charge on any atom is -0.491 e. The van der Waals surface area contributed by atoms with Crippen LogP contribution in [-0.4, -0.2) is 48.3 Å². The molecule has 18 heavy (non-hydrogen) atoms. The Kier molecular flexibility index (Phi) is 4.14. The highest BCUT2D eigenvalue weighted by molar-refractivity contribution is 5.20. The van der Waals surface area contributed by atoms with Gasteiger partial charge in [0.2, 0.25) is 0 Å². The number of benzene rings is 1. The summed E-state index contributed by atoms with van der Waals surface area (Å²) in [6.07, 6.45) is -0.877. The van der Waals surface area contributed by atoms with Gasteiger partial charge in [-0.25, -0.2) is 8.78 Å². The van der Waals surface area contributed by atoms with E-state index in [1.807, 2.05) is 18.2 Å². The van der Waals surface area contributed by atoms with Crippen LogP contribution in [0.4, 0.5) is 8.78 Å². The van der Waals surface area contributed by atoms with E-state index in [0.29, 0.717) is 12.3 Å². The SMILES string of the molecule is OC(COc1ccccc1)CN1CCC(F)(F)C1. The van der Waals surface area contributed by atoms with Gasteiger partial charge >= 0.3 is 0 Å². The predicted molar refractivity (Wildman–Crippen MR) is 63.9 cm³/mol. The van der Waals surface area contributed by atoms with Crippen LogP contribution < -0.4 is 4.74 Å². The van der Waals surface area contributed by atoms with E-state index in [2.05, 4.69) is 0 Å². The van der Waals surface area contributed by atoms with Crippen molar-refractivity contribution in [3.8, 4) is 5.75 Å². The first-order valence-corrected chi connectivity index (χ1v) is 6.01. The normalized spacial score (nSPS) is 20.8. The number of hydrogen-bond acceptors (Lipinski definition) is 3. The van der Waals surface area contributed by atoms with Crippen LogP contribution in [0.2, 0.25) is 0 Å². The van der Waals surface area contributed by atoms with Gasteiger partial charge < -0.3 is 9.84 Å². The largest absolute Gasteiger partial charge is 0.491 e. The number of aliphatic hydroxyl groups is 1. The summed E-state index contributed by atoms with van der Waals surface area (Å²) in [4.78, 5) is 1.57. The van der Waals surface area contributed by atoms with Crippen molar-refractivity contribution in [1.29, 1.82) is 0 Å². The Morgan fingerprint density at radius 2 is 2.06 bits per heavy atom. The average Bonchev–Trinajstić information content (AvgIpc) is 2.67. The Morgan fingerprint density at radius 1 is 1.33 bits per heavy atom. The summed E-state index contributed by atoms with van der Waals surface area (Å²) in [6.45, 7) is 0.402.